The van der Waals surface area contributed by atoms with Crippen molar-refractivity contribution in [2.45, 2.75) is 12.1 Å². The first kappa shape index (κ1) is 17.6. The van der Waals surface area contributed by atoms with E-state index in [-0.39, 0.29) is 6.07 Å². The number of nitrogens with zero attached hydrogens (tertiary/aromatic N) is 1. The van der Waals surface area contributed by atoms with Gasteiger partial charge in [0.05, 0.1) is 11.1 Å². The second kappa shape index (κ2) is 6.02. The number of aromatic nitrogens is 1. The predicted octanol–water partition coefficient (Wildman–Crippen LogP) is 3.03. The van der Waals surface area contributed by atoms with Crippen molar-refractivity contribution in [1.29, 1.82) is 0 Å². The monoisotopic (exact) mass is 350 g/mol. The molecule has 0 spiro atoms. The van der Waals surface area contributed by atoms with Gasteiger partial charge in [-0.3, -0.25) is 15.0 Å². The lowest BCUT2D eigenvalue weighted by atomic mass is 10.0. The summed E-state index contributed by atoms with van der Waals surface area (Å²) < 4.78 is 78.4. The molecule has 0 atom stereocenters. The molecule has 1 aromatic carbocycles. The Morgan fingerprint density at radius 3 is 2.25 bits per heavy atom. The van der Waals surface area contributed by atoms with Gasteiger partial charge in [-0.2, -0.15) is 22.0 Å². The molecule has 10 heteroatoms. The molecule has 1 amide bonds. The second-order valence-corrected chi connectivity index (χ2v) is 4.59. The van der Waals surface area contributed by atoms with Crippen molar-refractivity contribution in [3.63, 3.8) is 0 Å². The number of halogens is 6. The summed E-state index contributed by atoms with van der Waals surface area (Å²) in [4.78, 5) is 23.3. The van der Waals surface area contributed by atoms with E-state index in [0.717, 1.165) is 12.3 Å². The number of hydrogen-bond donors (Lipinski definition) is 1. The summed E-state index contributed by atoms with van der Waals surface area (Å²) in [5, 5.41) is 0. The lowest BCUT2D eigenvalue weighted by Crippen LogP contribution is -2.36. The average Bonchev–Trinajstić information content (AvgIpc) is 2.48. The van der Waals surface area contributed by atoms with Gasteiger partial charge in [0.15, 0.2) is 0 Å². The molecule has 128 valence electrons. The van der Waals surface area contributed by atoms with E-state index in [1.54, 1.807) is 0 Å². The SMILES string of the molecule is O=C(Nn1ccccc1=O)c1cccc(C(F)(F)C(F)(F)F)c1F. The van der Waals surface area contributed by atoms with Gasteiger partial charge in [0.2, 0.25) is 0 Å². The Hall–Kier alpha value is -2.78. The smallest absolute Gasteiger partial charge is 0.268 e. The van der Waals surface area contributed by atoms with Crippen LogP contribution in [0.3, 0.4) is 0 Å². The minimum atomic E-state index is -6.03. The Balaban J connectivity index is 2.43. The normalized spacial score (nSPS) is 12.1. The van der Waals surface area contributed by atoms with Crippen molar-refractivity contribution in [2.75, 3.05) is 5.43 Å². The molecule has 24 heavy (non-hydrogen) atoms. The summed E-state index contributed by atoms with van der Waals surface area (Å²) in [6.45, 7) is 0. The van der Waals surface area contributed by atoms with Crippen molar-refractivity contribution in [1.82, 2.24) is 4.68 Å². The molecule has 0 radical (unpaired) electrons. The van der Waals surface area contributed by atoms with Gasteiger partial charge in [0.25, 0.3) is 11.5 Å². The maximum atomic E-state index is 14.0. The predicted molar refractivity (Wildman–Crippen MR) is 70.7 cm³/mol. The highest BCUT2D eigenvalue weighted by Gasteiger charge is 2.60. The van der Waals surface area contributed by atoms with Crippen LogP contribution in [0, 0.1) is 5.82 Å². The van der Waals surface area contributed by atoms with Crippen LogP contribution in [0.5, 0.6) is 0 Å². The summed E-state index contributed by atoms with van der Waals surface area (Å²) in [6, 6.07) is 5.36. The van der Waals surface area contributed by atoms with Crippen molar-refractivity contribution in [2.24, 2.45) is 0 Å². The van der Waals surface area contributed by atoms with E-state index >= 15 is 0 Å². The molecule has 2 aromatic rings. The van der Waals surface area contributed by atoms with Crippen molar-refractivity contribution in [3.05, 3.63) is 69.9 Å². The molecule has 2 rings (SSSR count). The van der Waals surface area contributed by atoms with Crippen LogP contribution in [0.1, 0.15) is 15.9 Å². The van der Waals surface area contributed by atoms with Crippen LogP contribution in [0.15, 0.2) is 47.4 Å². The number of rotatable bonds is 3. The van der Waals surface area contributed by atoms with Gasteiger partial charge >= 0.3 is 12.1 Å². The lowest BCUT2D eigenvalue weighted by Gasteiger charge is -2.21. The molecule has 0 fully saturated rings. The number of carbonyl (C=O) groups is 1. The van der Waals surface area contributed by atoms with Gasteiger partial charge < -0.3 is 0 Å². The Labute approximate surface area is 130 Å². The molecule has 0 unspecified atom stereocenters. The van der Waals surface area contributed by atoms with Crippen molar-refractivity contribution in [3.8, 4) is 0 Å². The number of amides is 1. The maximum absolute atomic E-state index is 14.0. The average molecular weight is 350 g/mol. The largest absolute Gasteiger partial charge is 0.458 e. The first-order valence-electron chi connectivity index (χ1n) is 6.28. The number of carbonyl (C=O) groups excluding carboxylic acids is 1. The van der Waals surface area contributed by atoms with E-state index in [2.05, 4.69) is 0 Å². The Kier molecular flexibility index (Phi) is 4.41. The van der Waals surface area contributed by atoms with Crippen LogP contribution in [0.25, 0.3) is 0 Å². The molecule has 0 bridgehead atoms. The van der Waals surface area contributed by atoms with Crippen LogP contribution in [0.2, 0.25) is 0 Å². The molecule has 0 saturated heterocycles. The van der Waals surface area contributed by atoms with Gasteiger partial charge in [-0.05, 0) is 18.2 Å². The molecule has 0 aliphatic carbocycles. The molecular formula is C14H8F6N2O2. The quantitative estimate of drug-likeness (QED) is 0.866. The van der Waals surface area contributed by atoms with E-state index in [1.165, 1.54) is 12.1 Å². The third-order valence-electron chi connectivity index (χ3n) is 2.98. The first-order valence-corrected chi connectivity index (χ1v) is 6.28. The minimum absolute atomic E-state index is 0.230. The second-order valence-electron chi connectivity index (χ2n) is 4.59. The molecule has 1 N–H and O–H groups in total. The summed E-state index contributed by atoms with van der Waals surface area (Å²) in [7, 11) is 0. The van der Waals surface area contributed by atoms with Gasteiger partial charge in [0, 0.05) is 12.3 Å². The number of alkyl halides is 5. The van der Waals surface area contributed by atoms with Crippen LogP contribution in [-0.4, -0.2) is 16.8 Å². The Bertz CT molecular complexity index is 828. The van der Waals surface area contributed by atoms with Gasteiger partial charge in [-0.1, -0.05) is 12.1 Å². The molecule has 1 aromatic heterocycles. The van der Waals surface area contributed by atoms with Gasteiger partial charge in [0.1, 0.15) is 5.82 Å². The van der Waals surface area contributed by atoms with Crippen LogP contribution >= 0.6 is 0 Å². The maximum Gasteiger partial charge on any atom is 0.458 e. The number of hydrogen-bond acceptors (Lipinski definition) is 2. The fraction of sp³-hybridized carbons (Fsp3) is 0.143. The molecule has 0 aliphatic rings. The minimum Gasteiger partial charge on any atom is -0.268 e. The van der Waals surface area contributed by atoms with Gasteiger partial charge in [-0.15, -0.1) is 0 Å². The summed E-state index contributed by atoms with van der Waals surface area (Å²) in [6.07, 6.45) is -4.94. The first-order chi connectivity index (χ1) is 11.1. The zero-order valence-corrected chi connectivity index (χ0v) is 11.6. The van der Waals surface area contributed by atoms with Crippen molar-refractivity contribution >= 4 is 5.91 Å². The van der Waals surface area contributed by atoms with E-state index in [1.807, 2.05) is 5.43 Å². The third-order valence-corrected chi connectivity index (χ3v) is 2.98. The fourth-order valence-electron chi connectivity index (χ4n) is 1.79. The molecule has 0 aliphatic heterocycles. The highest BCUT2D eigenvalue weighted by Crippen LogP contribution is 2.45. The highest BCUT2D eigenvalue weighted by molar-refractivity contribution is 6.00. The van der Waals surface area contributed by atoms with Crippen LogP contribution in [0.4, 0.5) is 26.3 Å². The Morgan fingerprint density at radius 1 is 1.00 bits per heavy atom. The zero-order valence-electron chi connectivity index (χ0n) is 11.6. The molecular weight excluding hydrogens is 342 g/mol. The summed E-state index contributed by atoms with van der Waals surface area (Å²) in [5.74, 6) is -8.86. The van der Waals surface area contributed by atoms with Crippen molar-refractivity contribution < 1.29 is 31.1 Å². The van der Waals surface area contributed by atoms with Gasteiger partial charge in [-0.25, -0.2) is 9.07 Å². The highest BCUT2D eigenvalue weighted by atomic mass is 19.4. The summed E-state index contributed by atoms with van der Waals surface area (Å²) >= 11 is 0. The van der Waals surface area contributed by atoms with E-state index < -0.39 is 40.5 Å². The lowest BCUT2D eigenvalue weighted by molar-refractivity contribution is -0.290. The zero-order chi connectivity index (χ0) is 18.1. The summed E-state index contributed by atoms with van der Waals surface area (Å²) in [5.41, 5.74) is -1.88. The van der Waals surface area contributed by atoms with Crippen LogP contribution in [-0.2, 0) is 5.92 Å². The third kappa shape index (κ3) is 3.12. The van der Waals surface area contributed by atoms with E-state index in [0.29, 0.717) is 16.8 Å². The molecule has 0 saturated carbocycles. The molecule has 4 nitrogen and oxygen atoms in total. The van der Waals surface area contributed by atoms with E-state index in [4.69, 9.17) is 0 Å². The number of nitrogens with one attached hydrogen (secondary N) is 1. The molecule has 1 heterocycles. The number of benzene rings is 1. The van der Waals surface area contributed by atoms with Crippen LogP contribution < -0.4 is 11.0 Å². The topological polar surface area (TPSA) is 51.1 Å². The fourth-order valence-corrected chi connectivity index (χ4v) is 1.79. The number of pyridine rings is 1. The Morgan fingerprint density at radius 2 is 1.67 bits per heavy atom. The standard InChI is InChI=1S/C14H8F6N2O2/c15-11-8(12(24)21-22-7-2-1-6-10(22)23)4-3-5-9(11)13(16,17)14(18,19)20/h1-7H,(H,21,24). The van der Waals surface area contributed by atoms with E-state index in [9.17, 15) is 35.9 Å².